The van der Waals surface area contributed by atoms with Crippen molar-refractivity contribution in [1.29, 1.82) is 0 Å². The van der Waals surface area contributed by atoms with E-state index in [0.29, 0.717) is 0 Å². The zero-order valence-electron chi connectivity index (χ0n) is 16.9. The van der Waals surface area contributed by atoms with Gasteiger partial charge in [-0.1, -0.05) is 71.9 Å². The van der Waals surface area contributed by atoms with Crippen LogP contribution >= 0.6 is 11.8 Å². The third-order valence-corrected chi connectivity index (χ3v) is 6.26. The van der Waals surface area contributed by atoms with E-state index in [4.69, 9.17) is 0 Å². The number of hydrogen-bond donors (Lipinski definition) is 0. The number of aryl methyl sites for hydroxylation is 1. The largest absolute Gasteiger partial charge is 0.378 e. The van der Waals surface area contributed by atoms with Crippen molar-refractivity contribution in [3.05, 3.63) is 100 Å². The van der Waals surface area contributed by atoms with Crippen molar-refractivity contribution in [3.63, 3.8) is 0 Å². The first-order chi connectivity index (χ1) is 14.0. The van der Waals surface area contributed by atoms with Crippen LogP contribution in [0.4, 0.5) is 11.4 Å². The second kappa shape index (κ2) is 8.18. The van der Waals surface area contributed by atoms with E-state index in [2.05, 4.69) is 60.4 Å². The van der Waals surface area contributed by atoms with Crippen LogP contribution < -0.4 is 9.80 Å². The van der Waals surface area contributed by atoms with Crippen molar-refractivity contribution >= 4 is 35.1 Å². The zero-order valence-corrected chi connectivity index (χ0v) is 17.7. The molecule has 0 aromatic heterocycles. The summed E-state index contributed by atoms with van der Waals surface area (Å²) in [6, 6.07) is 26.6. The van der Waals surface area contributed by atoms with E-state index < -0.39 is 0 Å². The van der Waals surface area contributed by atoms with Crippen molar-refractivity contribution < 1.29 is 4.79 Å². The highest BCUT2D eigenvalue weighted by Gasteiger charge is 2.38. The number of hydrogen-bond acceptors (Lipinski definition) is 3. The number of amides is 1. The lowest BCUT2D eigenvalue weighted by Gasteiger charge is -2.23. The summed E-state index contributed by atoms with van der Waals surface area (Å²) in [6.45, 7) is 2.06. The molecule has 1 aliphatic heterocycles. The van der Waals surface area contributed by atoms with Gasteiger partial charge in [-0.3, -0.25) is 9.69 Å². The van der Waals surface area contributed by atoms with Crippen molar-refractivity contribution in [2.24, 2.45) is 0 Å². The third-order valence-electron chi connectivity index (χ3n) is 5.01. The number of thioether (sulfide) groups is 1. The van der Waals surface area contributed by atoms with Crippen molar-refractivity contribution in [1.82, 2.24) is 0 Å². The van der Waals surface area contributed by atoms with E-state index in [0.717, 1.165) is 27.4 Å². The van der Waals surface area contributed by atoms with Gasteiger partial charge in [-0.05, 0) is 48.4 Å². The number of anilines is 2. The molecule has 1 heterocycles. The maximum Gasteiger partial charge on any atom is 0.266 e. The predicted octanol–water partition coefficient (Wildman–Crippen LogP) is 5.88. The Bertz CT molecular complexity index is 1020. The molecule has 0 spiro atoms. The van der Waals surface area contributed by atoms with Crippen LogP contribution in [0.2, 0.25) is 0 Å². The van der Waals surface area contributed by atoms with E-state index >= 15 is 0 Å². The fourth-order valence-corrected chi connectivity index (χ4v) is 4.62. The molecule has 1 aliphatic rings. The van der Waals surface area contributed by atoms with E-state index in [-0.39, 0.29) is 11.3 Å². The van der Waals surface area contributed by atoms with Gasteiger partial charge in [-0.15, -0.1) is 0 Å². The van der Waals surface area contributed by atoms with E-state index in [1.165, 1.54) is 5.56 Å². The van der Waals surface area contributed by atoms with E-state index in [1.54, 1.807) is 11.8 Å². The van der Waals surface area contributed by atoms with Crippen LogP contribution in [0.3, 0.4) is 0 Å². The molecule has 1 saturated heterocycles. The summed E-state index contributed by atoms with van der Waals surface area (Å²) in [7, 11) is 4.04. The average molecular weight is 401 g/mol. The topological polar surface area (TPSA) is 23.6 Å². The van der Waals surface area contributed by atoms with Crippen molar-refractivity contribution in [2.75, 3.05) is 23.9 Å². The lowest BCUT2D eigenvalue weighted by atomic mass is 10.1. The predicted molar refractivity (Wildman–Crippen MR) is 124 cm³/mol. The highest BCUT2D eigenvalue weighted by atomic mass is 32.2. The van der Waals surface area contributed by atoms with Crippen LogP contribution in [0.5, 0.6) is 0 Å². The normalized spacial score (nSPS) is 17.8. The van der Waals surface area contributed by atoms with Gasteiger partial charge in [0.05, 0.1) is 4.91 Å². The summed E-state index contributed by atoms with van der Waals surface area (Å²) in [6.07, 6.45) is 2.00. The van der Waals surface area contributed by atoms with Crippen LogP contribution in [-0.4, -0.2) is 20.0 Å². The standard InChI is InChI=1S/C25H24N2OS/c1-18-9-13-22(14-10-18)27-24(28)23(29-25(27)20-7-5-4-6-8-20)17-19-11-15-21(16-12-19)26(2)3/h4-17,25H,1-3H3/b23-17-/t25-/m1/s1. The molecular formula is C25H24N2OS. The first-order valence-corrected chi connectivity index (χ1v) is 10.5. The lowest BCUT2D eigenvalue weighted by molar-refractivity contribution is -0.114. The summed E-state index contributed by atoms with van der Waals surface area (Å²) in [5.74, 6) is 0.0457. The Morgan fingerprint density at radius 3 is 2.17 bits per heavy atom. The average Bonchev–Trinajstić information content (AvgIpc) is 3.06. The van der Waals surface area contributed by atoms with Gasteiger partial charge in [-0.25, -0.2) is 0 Å². The molecule has 29 heavy (non-hydrogen) atoms. The maximum atomic E-state index is 13.4. The summed E-state index contributed by atoms with van der Waals surface area (Å²) in [5.41, 5.74) is 5.40. The monoisotopic (exact) mass is 400 g/mol. The van der Waals surface area contributed by atoms with Gasteiger partial charge < -0.3 is 4.90 Å². The minimum Gasteiger partial charge on any atom is -0.378 e. The molecule has 0 saturated carbocycles. The Kier molecular flexibility index (Phi) is 5.45. The highest BCUT2D eigenvalue weighted by molar-refractivity contribution is 8.05. The van der Waals surface area contributed by atoms with Gasteiger partial charge >= 0.3 is 0 Å². The van der Waals surface area contributed by atoms with Gasteiger partial charge in [0, 0.05) is 25.5 Å². The smallest absolute Gasteiger partial charge is 0.266 e. The molecule has 3 nitrogen and oxygen atoms in total. The number of carbonyl (C=O) groups is 1. The Balaban J connectivity index is 1.71. The molecular weight excluding hydrogens is 376 g/mol. The van der Waals surface area contributed by atoms with Gasteiger partial charge in [0.15, 0.2) is 0 Å². The Morgan fingerprint density at radius 1 is 0.897 bits per heavy atom. The second-order valence-electron chi connectivity index (χ2n) is 7.39. The Morgan fingerprint density at radius 2 is 1.55 bits per heavy atom. The summed E-state index contributed by atoms with van der Waals surface area (Å²) in [4.78, 5) is 18.1. The fourth-order valence-electron chi connectivity index (χ4n) is 3.36. The molecule has 146 valence electrons. The molecule has 0 N–H and O–H groups in total. The minimum atomic E-state index is -0.0706. The molecule has 3 aromatic carbocycles. The second-order valence-corrected chi connectivity index (χ2v) is 8.51. The van der Waals surface area contributed by atoms with Crippen molar-refractivity contribution in [2.45, 2.75) is 12.3 Å². The summed E-state index contributed by atoms with van der Waals surface area (Å²) in [5, 5.41) is -0.0706. The summed E-state index contributed by atoms with van der Waals surface area (Å²) < 4.78 is 0. The molecule has 0 aliphatic carbocycles. The molecule has 0 radical (unpaired) electrons. The molecule has 0 unspecified atom stereocenters. The quantitative estimate of drug-likeness (QED) is 0.511. The molecule has 1 fully saturated rings. The van der Waals surface area contributed by atoms with Gasteiger partial charge in [-0.2, -0.15) is 0 Å². The highest BCUT2D eigenvalue weighted by Crippen LogP contribution is 2.48. The van der Waals surface area contributed by atoms with Gasteiger partial charge in [0.1, 0.15) is 5.37 Å². The Hall–Kier alpha value is -2.98. The van der Waals surface area contributed by atoms with Crippen molar-refractivity contribution in [3.8, 4) is 0 Å². The van der Waals surface area contributed by atoms with Crippen LogP contribution in [0.15, 0.2) is 83.8 Å². The molecule has 4 heteroatoms. The first-order valence-electron chi connectivity index (χ1n) is 9.64. The van der Waals surface area contributed by atoms with Gasteiger partial charge in [0.2, 0.25) is 0 Å². The minimum absolute atomic E-state index is 0.0457. The van der Waals surface area contributed by atoms with Crippen LogP contribution in [0, 0.1) is 6.92 Å². The number of benzene rings is 3. The number of rotatable bonds is 4. The van der Waals surface area contributed by atoms with Crippen LogP contribution in [0.25, 0.3) is 6.08 Å². The van der Waals surface area contributed by atoms with Crippen LogP contribution in [-0.2, 0) is 4.79 Å². The fraction of sp³-hybridized carbons (Fsp3) is 0.160. The number of nitrogens with zero attached hydrogens (tertiary/aromatic N) is 2. The lowest BCUT2D eigenvalue weighted by Crippen LogP contribution is -2.27. The van der Waals surface area contributed by atoms with E-state index in [1.807, 2.05) is 55.4 Å². The molecule has 0 bridgehead atoms. The molecule has 1 atom stereocenters. The SMILES string of the molecule is Cc1ccc(N2C(=O)/C(=C/c3ccc(N(C)C)cc3)S[C@@H]2c2ccccc2)cc1. The van der Waals surface area contributed by atoms with Gasteiger partial charge in [0.25, 0.3) is 5.91 Å². The number of carbonyl (C=O) groups excluding carboxylic acids is 1. The van der Waals surface area contributed by atoms with Crippen LogP contribution in [0.1, 0.15) is 22.1 Å². The molecule has 4 rings (SSSR count). The molecule has 1 amide bonds. The maximum absolute atomic E-state index is 13.4. The third kappa shape index (κ3) is 4.08. The first kappa shape index (κ1) is 19.3. The van der Waals surface area contributed by atoms with E-state index in [9.17, 15) is 4.79 Å². The molecule has 3 aromatic rings. The summed E-state index contributed by atoms with van der Waals surface area (Å²) >= 11 is 1.61. The zero-order chi connectivity index (χ0) is 20.4. The Labute approximate surface area is 176 Å².